The molecule has 18 heavy (non-hydrogen) atoms. The average Bonchev–Trinajstić information content (AvgIpc) is 2.89. The van der Waals surface area contributed by atoms with Crippen molar-refractivity contribution in [3.63, 3.8) is 0 Å². The molecular weight excluding hydrogens is 220 g/mol. The Kier molecular flexibility index (Phi) is 2.80. The van der Waals surface area contributed by atoms with Crippen LogP contribution < -0.4 is 0 Å². The van der Waals surface area contributed by atoms with Crippen LogP contribution in [0.2, 0.25) is 0 Å². The van der Waals surface area contributed by atoms with Crippen molar-refractivity contribution in [3.05, 3.63) is 11.1 Å². The quantitative estimate of drug-likeness (QED) is 0.560. The van der Waals surface area contributed by atoms with Gasteiger partial charge in [-0.05, 0) is 56.9 Å². The molecule has 1 aliphatic heterocycles. The van der Waals surface area contributed by atoms with Crippen molar-refractivity contribution >= 4 is 0 Å². The number of ether oxygens (including phenoxy) is 1. The number of rotatable bonds is 0. The summed E-state index contributed by atoms with van der Waals surface area (Å²) < 4.78 is 6.75. The molecule has 2 fully saturated rings. The molecule has 3 aliphatic carbocycles. The summed E-state index contributed by atoms with van der Waals surface area (Å²) in [6.45, 7) is 0. The first-order chi connectivity index (χ1) is 8.89. The van der Waals surface area contributed by atoms with Crippen LogP contribution >= 0.6 is 0 Å². The molecule has 0 aromatic carbocycles. The van der Waals surface area contributed by atoms with E-state index in [1.54, 1.807) is 5.57 Å². The van der Waals surface area contributed by atoms with E-state index >= 15 is 0 Å². The molecule has 0 bridgehead atoms. The van der Waals surface area contributed by atoms with Crippen molar-refractivity contribution in [2.75, 3.05) is 0 Å². The standard InChI is InChI=1S/C17H26O/c1-3-9-15-13(7-1)14-8-2-4-10-16(14)18-17(15)11-5-6-12-17/h14,16H,1-12H2/t14-,16+/m0/s1. The molecule has 1 heteroatoms. The maximum Gasteiger partial charge on any atom is 0.0898 e. The van der Waals surface area contributed by atoms with Gasteiger partial charge in [-0.2, -0.15) is 0 Å². The molecule has 1 nitrogen and oxygen atoms in total. The van der Waals surface area contributed by atoms with Gasteiger partial charge >= 0.3 is 0 Å². The summed E-state index contributed by atoms with van der Waals surface area (Å²) in [7, 11) is 0. The molecule has 1 heterocycles. The number of fused-ring (bicyclic) bond motifs is 3. The Morgan fingerprint density at radius 2 is 1.61 bits per heavy atom. The molecule has 0 saturated heterocycles. The molecule has 2 atom stereocenters. The lowest BCUT2D eigenvalue weighted by molar-refractivity contribution is -0.115. The fourth-order valence-corrected chi connectivity index (χ4v) is 5.22. The van der Waals surface area contributed by atoms with Gasteiger partial charge in [0.25, 0.3) is 0 Å². The van der Waals surface area contributed by atoms with E-state index < -0.39 is 0 Å². The van der Waals surface area contributed by atoms with Crippen LogP contribution in [0.5, 0.6) is 0 Å². The van der Waals surface area contributed by atoms with E-state index in [-0.39, 0.29) is 5.60 Å². The van der Waals surface area contributed by atoms with Crippen LogP contribution in [-0.4, -0.2) is 11.7 Å². The molecule has 1 spiro atoms. The van der Waals surface area contributed by atoms with Gasteiger partial charge in [0, 0.05) is 5.92 Å². The third-order valence-electron chi connectivity index (χ3n) is 6.00. The van der Waals surface area contributed by atoms with Crippen molar-refractivity contribution in [1.29, 1.82) is 0 Å². The Bertz CT molecular complexity index is 362. The van der Waals surface area contributed by atoms with Gasteiger partial charge in [-0.3, -0.25) is 0 Å². The maximum absolute atomic E-state index is 6.75. The summed E-state index contributed by atoms with van der Waals surface area (Å²) in [6.07, 6.45) is 17.3. The summed E-state index contributed by atoms with van der Waals surface area (Å²) in [6, 6.07) is 0. The van der Waals surface area contributed by atoms with E-state index in [1.807, 2.05) is 5.57 Å². The van der Waals surface area contributed by atoms with E-state index in [9.17, 15) is 0 Å². The Morgan fingerprint density at radius 1 is 0.833 bits per heavy atom. The van der Waals surface area contributed by atoms with Crippen LogP contribution in [0.3, 0.4) is 0 Å². The van der Waals surface area contributed by atoms with Crippen molar-refractivity contribution in [3.8, 4) is 0 Å². The minimum absolute atomic E-state index is 0.230. The molecule has 4 rings (SSSR count). The van der Waals surface area contributed by atoms with E-state index in [0.29, 0.717) is 6.10 Å². The minimum Gasteiger partial charge on any atom is -0.367 e. The topological polar surface area (TPSA) is 9.23 Å². The zero-order valence-electron chi connectivity index (χ0n) is 11.5. The molecule has 0 aromatic rings. The second-order valence-electron chi connectivity index (χ2n) is 6.96. The van der Waals surface area contributed by atoms with E-state index in [0.717, 1.165) is 5.92 Å². The summed E-state index contributed by atoms with van der Waals surface area (Å²) in [5, 5.41) is 0. The highest BCUT2D eigenvalue weighted by atomic mass is 16.5. The van der Waals surface area contributed by atoms with Crippen LogP contribution in [0.15, 0.2) is 11.1 Å². The highest BCUT2D eigenvalue weighted by Gasteiger charge is 2.48. The number of hydrogen-bond acceptors (Lipinski definition) is 1. The molecule has 0 amide bonds. The summed E-state index contributed by atoms with van der Waals surface area (Å²) in [5.74, 6) is 0.820. The molecule has 0 radical (unpaired) electrons. The normalized spacial score (nSPS) is 38.7. The second-order valence-corrected chi connectivity index (χ2v) is 6.96. The van der Waals surface area contributed by atoms with Crippen LogP contribution in [0, 0.1) is 5.92 Å². The first kappa shape index (κ1) is 11.5. The summed E-state index contributed by atoms with van der Waals surface area (Å²) in [5.41, 5.74) is 3.92. The van der Waals surface area contributed by atoms with Crippen molar-refractivity contribution < 1.29 is 4.74 Å². The van der Waals surface area contributed by atoms with Gasteiger partial charge in [-0.1, -0.05) is 31.3 Å². The fourth-order valence-electron chi connectivity index (χ4n) is 5.22. The molecule has 4 aliphatic rings. The zero-order valence-corrected chi connectivity index (χ0v) is 11.5. The Morgan fingerprint density at radius 3 is 2.50 bits per heavy atom. The first-order valence-corrected chi connectivity index (χ1v) is 8.29. The van der Waals surface area contributed by atoms with Crippen molar-refractivity contribution in [1.82, 2.24) is 0 Å². The highest BCUT2D eigenvalue weighted by molar-refractivity contribution is 5.33. The highest BCUT2D eigenvalue weighted by Crippen LogP contribution is 2.53. The third-order valence-corrected chi connectivity index (χ3v) is 6.00. The predicted octanol–water partition coefficient (Wildman–Crippen LogP) is 4.76. The van der Waals surface area contributed by atoms with Gasteiger partial charge in [0.1, 0.15) is 0 Å². The van der Waals surface area contributed by atoms with Gasteiger partial charge < -0.3 is 4.74 Å². The van der Waals surface area contributed by atoms with Gasteiger partial charge in [-0.25, -0.2) is 0 Å². The summed E-state index contributed by atoms with van der Waals surface area (Å²) >= 11 is 0. The smallest absolute Gasteiger partial charge is 0.0898 e. The Balaban J connectivity index is 1.76. The lowest BCUT2D eigenvalue weighted by Crippen LogP contribution is -2.47. The lowest BCUT2D eigenvalue weighted by Gasteiger charge is -2.49. The Labute approximate surface area is 111 Å². The molecule has 100 valence electrons. The van der Waals surface area contributed by atoms with E-state index in [4.69, 9.17) is 4.74 Å². The van der Waals surface area contributed by atoms with Gasteiger partial charge in [-0.15, -0.1) is 0 Å². The fraction of sp³-hybridized carbons (Fsp3) is 0.882. The van der Waals surface area contributed by atoms with Crippen LogP contribution in [-0.2, 0) is 4.74 Å². The van der Waals surface area contributed by atoms with Crippen LogP contribution in [0.25, 0.3) is 0 Å². The minimum atomic E-state index is 0.230. The third kappa shape index (κ3) is 1.62. The lowest BCUT2D eigenvalue weighted by atomic mass is 9.68. The molecule has 2 saturated carbocycles. The van der Waals surface area contributed by atoms with Crippen molar-refractivity contribution in [2.24, 2.45) is 5.92 Å². The van der Waals surface area contributed by atoms with Gasteiger partial charge in [0.05, 0.1) is 11.7 Å². The average molecular weight is 246 g/mol. The summed E-state index contributed by atoms with van der Waals surface area (Å²) in [4.78, 5) is 0. The van der Waals surface area contributed by atoms with Gasteiger partial charge in [0.2, 0.25) is 0 Å². The number of hydrogen-bond donors (Lipinski definition) is 0. The SMILES string of the molecule is C1CCC2=C(C1)[C@@H]1CCCC[C@H]1OC21CCCC1. The van der Waals surface area contributed by atoms with Crippen LogP contribution in [0.1, 0.15) is 77.0 Å². The monoisotopic (exact) mass is 246 g/mol. The Hall–Kier alpha value is -0.300. The molecule has 0 unspecified atom stereocenters. The van der Waals surface area contributed by atoms with Gasteiger partial charge in [0.15, 0.2) is 0 Å². The van der Waals surface area contributed by atoms with E-state index in [1.165, 1.54) is 77.0 Å². The largest absolute Gasteiger partial charge is 0.367 e. The molecule has 0 N–H and O–H groups in total. The van der Waals surface area contributed by atoms with Crippen LogP contribution in [0.4, 0.5) is 0 Å². The van der Waals surface area contributed by atoms with Crippen molar-refractivity contribution in [2.45, 2.75) is 88.8 Å². The predicted molar refractivity (Wildman–Crippen MR) is 73.5 cm³/mol. The second kappa shape index (κ2) is 4.37. The maximum atomic E-state index is 6.75. The first-order valence-electron chi connectivity index (χ1n) is 8.29. The molecular formula is C17H26O. The van der Waals surface area contributed by atoms with E-state index in [2.05, 4.69) is 0 Å². The zero-order chi connectivity index (χ0) is 12.0. The molecule has 0 aromatic heterocycles.